The van der Waals surface area contributed by atoms with Gasteiger partial charge in [0.1, 0.15) is 41.1 Å². The average Bonchev–Trinajstić information content (AvgIpc) is 1.41. The fourth-order valence-corrected chi connectivity index (χ4v) is 15.7. The molecule has 6 amide bonds. The van der Waals surface area contributed by atoms with E-state index in [0.29, 0.717) is 84.9 Å². The number of Topliss-reactive ketones (excluding diaryl/α,β-unsaturated/α-hetero) is 6. The SMILES string of the molecule is CC(=O)C[C@@H]1C/C=C\C[C@H](NC(=O)Cc2ccccc2)B(O)O1.CC(=O)C[C@@H]1CCCC[C@H](NC(=O)Cc2ccccc2)B(O)O1.CC(=O)C[C@H]1C/C=C\C[C@H](NC(=O)Cc2ccccc2)B(O)O1.CC(=O)C[C@H]1C=CC[C@H](NC(=O)Cc2ccc[n+]([O-])c2)B(O)O1.CC(=O)C[C@H]1C=CC[C@H](NC(=O)Cc2cccc[n+]2[O-])B(O)O1.CC(=O)C[C@H]1CCCC[C@H](NC(=O)Cc2ccccc2)B(O)O1. The first-order valence-electron chi connectivity index (χ1n) is 46.9. The van der Waals surface area contributed by atoms with Crippen molar-refractivity contribution < 1.29 is 125 Å². The molecule has 12 N–H and O–H groups in total. The summed E-state index contributed by atoms with van der Waals surface area (Å²) in [6, 6.07) is 45.9. The minimum absolute atomic E-state index is 0.0147. The van der Waals surface area contributed by atoms with E-state index in [0.717, 1.165) is 60.8 Å². The van der Waals surface area contributed by atoms with Gasteiger partial charge in [-0.3, -0.25) is 57.5 Å². The maximum absolute atomic E-state index is 12.2. The lowest BCUT2D eigenvalue weighted by atomic mass is 9.74. The fraction of sp³-hybridized carbons (Fsp3) is 0.449. The normalized spacial score (nSPS) is 21.9. The number of nitrogens with zero attached hydrogens (tertiary/aromatic N) is 2. The van der Waals surface area contributed by atoms with Crippen molar-refractivity contribution in [3.05, 3.63) is 263 Å². The zero-order valence-electron chi connectivity index (χ0n) is 79.3. The maximum atomic E-state index is 12.2. The molecule has 6 aliphatic rings. The number of ketones is 6. The van der Waals surface area contributed by atoms with E-state index in [4.69, 9.17) is 27.9 Å². The lowest BCUT2D eigenvalue weighted by molar-refractivity contribution is -0.613. The van der Waals surface area contributed by atoms with Crippen LogP contribution in [0.1, 0.15) is 203 Å². The zero-order valence-corrected chi connectivity index (χ0v) is 79.3. The molecular formula is C98H130B6N8O26. The molecule has 2 fully saturated rings. The van der Waals surface area contributed by atoms with E-state index < -0.39 is 90.6 Å². The van der Waals surface area contributed by atoms with Gasteiger partial charge in [-0.25, -0.2) is 0 Å². The Balaban J connectivity index is 0.000000225. The molecule has 0 radical (unpaired) electrons. The van der Waals surface area contributed by atoms with E-state index in [9.17, 15) is 98.1 Å². The summed E-state index contributed by atoms with van der Waals surface area (Å²) in [5.74, 6) is -4.37. The van der Waals surface area contributed by atoms with Crippen LogP contribution in [0.4, 0.5) is 0 Å². The number of pyridine rings is 2. The third kappa shape index (κ3) is 46.8. The Morgan fingerprint density at radius 1 is 0.297 bits per heavy atom. The Morgan fingerprint density at radius 3 is 0.899 bits per heavy atom. The molecule has 2 saturated heterocycles. The first-order valence-corrected chi connectivity index (χ1v) is 46.9. The Labute approximate surface area is 809 Å². The van der Waals surface area contributed by atoms with Gasteiger partial charge in [-0.1, -0.05) is 196 Å². The van der Waals surface area contributed by atoms with Gasteiger partial charge in [-0.05, 0) is 140 Å². The molecule has 12 rings (SSSR count). The zero-order chi connectivity index (χ0) is 100. The second-order valence-corrected chi connectivity index (χ2v) is 35.1. The number of hydrogen-bond donors (Lipinski definition) is 12. The van der Waals surface area contributed by atoms with Crippen molar-refractivity contribution in [2.24, 2.45) is 0 Å². The van der Waals surface area contributed by atoms with Crippen LogP contribution in [0.5, 0.6) is 0 Å². The monoisotopic (exact) mass is 1900 g/mol. The predicted molar refractivity (Wildman–Crippen MR) is 520 cm³/mol. The van der Waals surface area contributed by atoms with Gasteiger partial charge in [0.05, 0.1) is 92.2 Å². The maximum Gasteiger partial charge on any atom is 0.478 e. The van der Waals surface area contributed by atoms with Crippen LogP contribution in [0.3, 0.4) is 0 Å². The van der Waals surface area contributed by atoms with Gasteiger partial charge in [-0.2, -0.15) is 9.46 Å². The molecule has 0 saturated carbocycles. The third-order valence-corrected chi connectivity index (χ3v) is 22.4. The van der Waals surface area contributed by atoms with Crippen molar-refractivity contribution in [1.82, 2.24) is 31.9 Å². The van der Waals surface area contributed by atoms with Crippen LogP contribution in [0, 0.1) is 10.4 Å². The van der Waals surface area contributed by atoms with Crippen molar-refractivity contribution >= 4 is 113 Å². The molecule has 40 heteroatoms. The van der Waals surface area contributed by atoms with E-state index in [-0.39, 0.29) is 159 Å². The second kappa shape index (κ2) is 62.4. The third-order valence-electron chi connectivity index (χ3n) is 22.4. The number of carbonyl (C=O) groups is 12. The smallest absolute Gasteiger partial charge is 0.478 e. The molecule has 34 nitrogen and oxygen atoms in total. The molecule has 138 heavy (non-hydrogen) atoms. The summed E-state index contributed by atoms with van der Waals surface area (Å²) in [5, 5.41) is 100. The quantitative estimate of drug-likeness (QED) is 0.0113. The largest absolute Gasteiger partial charge is 0.619 e. The topological polar surface area (TPSA) is 508 Å². The molecule has 0 bridgehead atoms. The summed E-state index contributed by atoms with van der Waals surface area (Å²) in [6.45, 7) is 8.94. The highest BCUT2D eigenvalue weighted by molar-refractivity contribution is 6.47. The number of nitrogens with one attached hydrogen (secondary N) is 6. The molecule has 4 aromatic carbocycles. The van der Waals surface area contributed by atoms with Crippen LogP contribution < -0.4 is 41.4 Å². The van der Waals surface area contributed by atoms with Crippen molar-refractivity contribution in [2.75, 3.05) is 0 Å². The lowest BCUT2D eigenvalue weighted by Gasteiger charge is -2.28. The van der Waals surface area contributed by atoms with Crippen molar-refractivity contribution in [3.63, 3.8) is 0 Å². The summed E-state index contributed by atoms with van der Waals surface area (Å²) in [6.07, 6.45) is 28.4. The fourth-order valence-electron chi connectivity index (χ4n) is 15.7. The molecule has 6 aliphatic heterocycles. The minimum atomic E-state index is -1.21. The second-order valence-electron chi connectivity index (χ2n) is 35.1. The summed E-state index contributed by atoms with van der Waals surface area (Å²) in [4.78, 5) is 140. The first kappa shape index (κ1) is 113. The average molecular weight is 1900 g/mol. The highest BCUT2D eigenvalue weighted by Gasteiger charge is 2.39. The van der Waals surface area contributed by atoms with E-state index >= 15 is 0 Å². The van der Waals surface area contributed by atoms with Crippen LogP contribution >= 0.6 is 0 Å². The van der Waals surface area contributed by atoms with Crippen LogP contribution in [0.25, 0.3) is 0 Å². The van der Waals surface area contributed by atoms with Crippen molar-refractivity contribution in [3.8, 4) is 0 Å². The van der Waals surface area contributed by atoms with Crippen LogP contribution in [0.2, 0.25) is 0 Å². The molecule has 2 aromatic heterocycles. The van der Waals surface area contributed by atoms with Crippen LogP contribution in [-0.4, -0.2) is 215 Å². The highest BCUT2D eigenvalue weighted by Crippen LogP contribution is 2.24. The van der Waals surface area contributed by atoms with E-state index in [2.05, 4.69) is 31.9 Å². The van der Waals surface area contributed by atoms with Crippen LogP contribution in [-0.2, 0) is 124 Å². The van der Waals surface area contributed by atoms with Crippen molar-refractivity contribution in [2.45, 2.75) is 281 Å². The molecule has 12 atom stereocenters. The summed E-state index contributed by atoms with van der Waals surface area (Å²) in [5.41, 5.74) is 4.59. The minimum Gasteiger partial charge on any atom is -0.619 e. The standard InChI is InChI=1S/2C17H24BNO4.2C17H22BNO4.2C15H19BN2O5/c4*1-13(20)11-15-9-5-6-10-16(18(22)23-15)19-17(21)12-14-7-3-2-4-8-14;1-11(19)8-13-5-2-6-14(16(21)23-13)17-15(20)9-12-4-3-7-18(22)10-12;1-11(19)9-13-6-4-7-14(16(21)23-13)17-15(20)10-12-5-2-3-8-18(12)22/h2*2-4,7-8,15-16,22H,5-6,9-12H2,1H3,(H,19,21);2*2-8,15-16,22H,9-12H2,1H3,(H,19,21);2-5,7,10,13-14,21H,6,8-9H2,1H3,(H,17,20);2-6,8,13-14,21H,7,9-10H2,1H3,(H,17,20)/b;;2*6-5-;;/t15-,16+;15-,16-;15-,16+;15-,16-;2*13-,14+/m101011/s1. The molecule has 0 spiro atoms. The number of benzene rings is 4. The molecular weight excluding hydrogens is 1770 g/mol. The summed E-state index contributed by atoms with van der Waals surface area (Å²) in [7, 11) is -6.79. The van der Waals surface area contributed by atoms with Gasteiger partial charge in [0.2, 0.25) is 41.1 Å². The number of amides is 6. The van der Waals surface area contributed by atoms with Gasteiger partial charge in [0.15, 0.2) is 18.6 Å². The highest BCUT2D eigenvalue weighted by atomic mass is 16.6. The lowest BCUT2D eigenvalue weighted by Crippen LogP contribution is -2.50. The van der Waals surface area contributed by atoms with E-state index in [1.165, 1.54) is 60.1 Å². The molecule has 8 heterocycles. The first-order chi connectivity index (χ1) is 66.1. The number of rotatable bonds is 30. The number of carbonyl (C=O) groups excluding carboxylic acids is 12. The summed E-state index contributed by atoms with van der Waals surface area (Å²) >= 11 is 0. The Morgan fingerprint density at radius 2 is 0.565 bits per heavy atom. The van der Waals surface area contributed by atoms with Gasteiger partial charge < -0.3 is 100 Å². The van der Waals surface area contributed by atoms with Gasteiger partial charge in [-0.15, -0.1) is 0 Å². The van der Waals surface area contributed by atoms with E-state index in [1.807, 2.05) is 146 Å². The van der Waals surface area contributed by atoms with Crippen molar-refractivity contribution in [1.29, 1.82) is 0 Å². The van der Waals surface area contributed by atoms with Gasteiger partial charge >= 0.3 is 42.7 Å². The number of hydrogen-bond acceptors (Lipinski definition) is 26. The Kier molecular flexibility index (Phi) is 51.3. The molecule has 736 valence electrons. The molecule has 6 aromatic rings. The molecule has 0 aliphatic carbocycles. The van der Waals surface area contributed by atoms with E-state index in [1.54, 1.807) is 54.6 Å². The number of aromatic nitrogens is 2. The Hall–Kier alpha value is -11.5. The predicted octanol–water partition coefficient (Wildman–Crippen LogP) is 5.62. The van der Waals surface area contributed by atoms with Gasteiger partial charge in [0.25, 0.3) is 0 Å². The Bertz CT molecular complexity index is 4750. The summed E-state index contributed by atoms with van der Waals surface area (Å²) < 4.78 is 34.3. The molecule has 0 unspecified atom stereocenters. The van der Waals surface area contributed by atoms with Crippen LogP contribution in [0.15, 0.2) is 219 Å². The van der Waals surface area contributed by atoms with Gasteiger partial charge in [0, 0.05) is 74.5 Å².